The molecular formula is C15H19FN4O2S. The molecule has 0 radical (unpaired) electrons. The minimum Gasteiger partial charge on any atom is -0.320 e. The molecule has 1 atom stereocenters. The van der Waals surface area contributed by atoms with Crippen LogP contribution in [0, 0.1) is 12.7 Å². The smallest absolute Gasteiger partial charge is 0.246 e. The molecule has 1 aliphatic rings. The van der Waals surface area contributed by atoms with E-state index < -0.39 is 15.8 Å². The van der Waals surface area contributed by atoms with E-state index in [1.54, 1.807) is 23.9 Å². The van der Waals surface area contributed by atoms with E-state index in [-0.39, 0.29) is 10.8 Å². The van der Waals surface area contributed by atoms with E-state index in [4.69, 9.17) is 0 Å². The lowest BCUT2D eigenvalue weighted by atomic mass is 9.99. The number of aromatic nitrogens is 3. The van der Waals surface area contributed by atoms with E-state index in [2.05, 4.69) is 10.2 Å². The van der Waals surface area contributed by atoms with Crippen molar-refractivity contribution >= 4 is 10.0 Å². The summed E-state index contributed by atoms with van der Waals surface area (Å²) in [7, 11) is -2.01. The molecule has 6 nitrogen and oxygen atoms in total. The Morgan fingerprint density at radius 2 is 2.13 bits per heavy atom. The largest absolute Gasteiger partial charge is 0.320 e. The zero-order valence-corrected chi connectivity index (χ0v) is 13.9. The van der Waals surface area contributed by atoms with Crippen LogP contribution in [0.25, 0.3) is 0 Å². The number of aryl methyl sites for hydroxylation is 2. The number of rotatable bonds is 3. The molecule has 1 unspecified atom stereocenters. The van der Waals surface area contributed by atoms with E-state index in [9.17, 15) is 12.8 Å². The van der Waals surface area contributed by atoms with Crippen molar-refractivity contribution in [2.45, 2.75) is 30.6 Å². The minimum atomic E-state index is -3.85. The Morgan fingerprint density at radius 3 is 2.83 bits per heavy atom. The van der Waals surface area contributed by atoms with Gasteiger partial charge in [0.1, 0.15) is 22.9 Å². The van der Waals surface area contributed by atoms with Crippen LogP contribution in [-0.2, 0) is 17.1 Å². The van der Waals surface area contributed by atoms with Crippen LogP contribution in [0.4, 0.5) is 4.39 Å². The maximum Gasteiger partial charge on any atom is 0.246 e. The lowest BCUT2D eigenvalue weighted by Gasteiger charge is -2.31. The van der Waals surface area contributed by atoms with Crippen LogP contribution in [0.15, 0.2) is 29.4 Å². The summed E-state index contributed by atoms with van der Waals surface area (Å²) in [6.45, 7) is 2.43. The fourth-order valence-electron chi connectivity index (χ4n) is 2.98. The van der Waals surface area contributed by atoms with E-state index in [0.29, 0.717) is 25.1 Å². The standard InChI is InChI=1S/C15H19FN4O2S/c1-11-5-6-13(16)14(8-11)23(21,22)20-7-3-4-12(9-20)15-18-17-10-19(15)2/h5-6,8,10,12H,3-4,7,9H2,1-2H3. The summed E-state index contributed by atoms with van der Waals surface area (Å²) in [5.41, 5.74) is 0.715. The van der Waals surface area contributed by atoms with Crippen LogP contribution in [0.5, 0.6) is 0 Å². The van der Waals surface area contributed by atoms with Crippen molar-refractivity contribution < 1.29 is 12.8 Å². The maximum atomic E-state index is 14.0. The van der Waals surface area contributed by atoms with Gasteiger partial charge in [-0.3, -0.25) is 0 Å². The Kier molecular flexibility index (Phi) is 4.20. The lowest BCUT2D eigenvalue weighted by Crippen LogP contribution is -2.40. The summed E-state index contributed by atoms with van der Waals surface area (Å²) in [5.74, 6) is 0.0184. The zero-order valence-electron chi connectivity index (χ0n) is 13.1. The Labute approximate surface area is 135 Å². The Balaban J connectivity index is 1.91. The molecule has 124 valence electrons. The molecule has 3 rings (SSSR count). The van der Waals surface area contributed by atoms with Gasteiger partial charge in [0.2, 0.25) is 10.0 Å². The predicted molar refractivity (Wildman–Crippen MR) is 82.9 cm³/mol. The second-order valence-electron chi connectivity index (χ2n) is 5.94. The van der Waals surface area contributed by atoms with Crippen molar-refractivity contribution in [2.75, 3.05) is 13.1 Å². The van der Waals surface area contributed by atoms with Crippen molar-refractivity contribution in [3.05, 3.63) is 41.7 Å². The molecule has 0 spiro atoms. The molecule has 1 aromatic heterocycles. The first kappa shape index (κ1) is 16.1. The number of hydrogen-bond acceptors (Lipinski definition) is 4. The van der Waals surface area contributed by atoms with Gasteiger partial charge in [-0.15, -0.1) is 10.2 Å². The van der Waals surface area contributed by atoms with E-state index >= 15 is 0 Å². The van der Waals surface area contributed by atoms with Crippen molar-refractivity contribution in [3.8, 4) is 0 Å². The van der Waals surface area contributed by atoms with Crippen LogP contribution in [-0.4, -0.2) is 40.6 Å². The van der Waals surface area contributed by atoms with Gasteiger partial charge in [0.15, 0.2) is 0 Å². The van der Waals surface area contributed by atoms with Gasteiger partial charge in [-0.1, -0.05) is 6.07 Å². The summed E-state index contributed by atoms with van der Waals surface area (Å²) < 4.78 is 42.8. The average molecular weight is 338 g/mol. The quantitative estimate of drug-likeness (QED) is 0.856. The van der Waals surface area contributed by atoms with Gasteiger partial charge in [-0.05, 0) is 37.5 Å². The fourth-order valence-corrected chi connectivity index (χ4v) is 4.65. The van der Waals surface area contributed by atoms with Gasteiger partial charge in [-0.25, -0.2) is 12.8 Å². The maximum absolute atomic E-state index is 14.0. The lowest BCUT2D eigenvalue weighted by molar-refractivity contribution is 0.305. The molecule has 8 heteroatoms. The highest BCUT2D eigenvalue weighted by Crippen LogP contribution is 2.30. The van der Waals surface area contributed by atoms with Crippen molar-refractivity contribution in [1.29, 1.82) is 0 Å². The third-order valence-corrected chi connectivity index (χ3v) is 6.08. The van der Waals surface area contributed by atoms with E-state index in [1.165, 1.54) is 16.4 Å². The SMILES string of the molecule is Cc1ccc(F)c(S(=O)(=O)N2CCCC(c3nncn3C)C2)c1. The Morgan fingerprint density at radius 1 is 1.35 bits per heavy atom. The molecule has 0 bridgehead atoms. The van der Waals surface area contributed by atoms with Gasteiger partial charge < -0.3 is 4.57 Å². The summed E-state index contributed by atoms with van der Waals surface area (Å²) >= 11 is 0. The van der Waals surface area contributed by atoms with Crippen LogP contribution < -0.4 is 0 Å². The average Bonchev–Trinajstić information content (AvgIpc) is 2.96. The summed E-state index contributed by atoms with van der Waals surface area (Å²) in [5, 5.41) is 7.93. The molecule has 0 aliphatic carbocycles. The Bertz CT molecular complexity index is 819. The van der Waals surface area contributed by atoms with Crippen molar-refractivity contribution in [1.82, 2.24) is 19.1 Å². The predicted octanol–water partition coefficient (Wildman–Crippen LogP) is 1.83. The molecular weight excluding hydrogens is 319 g/mol. The van der Waals surface area contributed by atoms with Gasteiger partial charge in [0.05, 0.1) is 0 Å². The second kappa shape index (κ2) is 6.01. The molecule has 0 amide bonds. The highest BCUT2D eigenvalue weighted by molar-refractivity contribution is 7.89. The first-order valence-electron chi connectivity index (χ1n) is 7.50. The van der Waals surface area contributed by atoms with Gasteiger partial charge in [0.25, 0.3) is 0 Å². The Hall–Kier alpha value is -1.80. The number of halogens is 1. The number of piperidine rings is 1. The third kappa shape index (κ3) is 3.00. The number of hydrogen-bond donors (Lipinski definition) is 0. The topological polar surface area (TPSA) is 68.1 Å². The first-order valence-corrected chi connectivity index (χ1v) is 8.94. The number of nitrogens with zero attached hydrogens (tertiary/aromatic N) is 4. The van der Waals surface area contributed by atoms with Gasteiger partial charge >= 0.3 is 0 Å². The van der Waals surface area contributed by atoms with Crippen molar-refractivity contribution in [3.63, 3.8) is 0 Å². The summed E-state index contributed by atoms with van der Waals surface area (Å²) in [4.78, 5) is -0.254. The molecule has 1 fully saturated rings. The van der Waals surface area contributed by atoms with E-state index in [1.807, 2.05) is 7.05 Å². The second-order valence-corrected chi connectivity index (χ2v) is 7.84. The minimum absolute atomic E-state index is 0.0288. The zero-order chi connectivity index (χ0) is 16.6. The normalized spacial score (nSPS) is 19.9. The molecule has 2 aromatic rings. The molecule has 1 aromatic carbocycles. The summed E-state index contributed by atoms with van der Waals surface area (Å²) in [6.07, 6.45) is 3.15. The molecule has 2 heterocycles. The third-order valence-electron chi connectivity index (χ3n) is 4.20. The fraction of sp³-hybridized carbons (Fsp3) is 0.467. The monoisotopic (exact) mass is 338 g/mol. The van der Waals surface area contributed by atoms with E-state index in [0.717, 1.165) is 12.2 Å². The molecule has 23 heavy (non-hydrogen) atoms. The number of benzene rings is 1. The van der Waals surface area contributed by atoms with Gasteiger partial charge in [-0.2, -0.15) is 4.31 Å². The molecule has 0 saturated carbocycles. The highest BCUT2D eigenvalue weighted by Gasteiger charge is 2.34. The molecule has 0 N–H and O–H groups in total. The van der Waals surface area contributed by atoms with Crippen LogP contribution in [0.1, 0.15) is 30.1 Å². The van der Waals surface area contributed by atoms with Crippen molar-refractivity contribution in [2.24, 2.45) is 7.05 Å². The number of sulfonamides is 1. The molecule has 1 saturated heterocycles. The van der Waals surface area contributed by atoms with Gasteiger partial charge in [0, 0.05) is 26.1 Å². The van der Waals surface area contributed by atoms with Crippen LogP contribution >= 0.6 is 0 Å². The van der Waals surface area contributed by atoms with Crippen LogP contribution in [0.2, 0.25) is 0 Å². The highest BCUT2D eigenvalue weighted by atomic mass is 32.2. The molecule has 1 aliphatic heterocycles. The first-order chi connectivity index (χ1) is 10.9. The van der Waals surface area contributed by atoms with Crippen LogP contribution in [0.3, 0.4) is 0 Å². The summed E-state index contributed by atoms with van der Waals surface area (Å²) in [6, 6.07) is 4.15.